The quantitative estimate of drug-likeness (QED) is 0.540. The molecule has 0 bridgehead atoms. The van der Waals surface area contributed by atoms with Crippen LogP contribution in [0.1, 0.15) is 12.8 Å². The Kier molecular flexibility index (Phi) is 3.13. The van der Waals surface area contributed by atoms with Gasteiger partial charge in [0.25, 0.3) is 0 Å². The summed E-state index contributed by atoms with van der Waals surface area (Å²) in [5.41, 5.74) is -6.18. The lowest BCUT2D eigenvalue weighted by Gasteiger charge is -2.12. The molecule has 13 heavy (non-hydrogen) atoms. The normalized spacial score (nSPS) is 25.0. The maximum absolute atomic E-state index is 11.8. The Morgan fingerprint density at radius 1 is 1.38 bits per heavy atom. The van der Waals surface area contributed by atoms with Crippen LogP contribution in [0.2, 0.25) is 0 Å². The predicted molar refractivity (Wildman–Crippen MR) is 41.5 cm³/mol. The SMILES string of the molecule is O=S(=O)(OC1CCCS1)C(F)(F)F. The maximum Gasteiger partial charge on any atom is 0.523 e. The summed E-state index contributed by atoms with van der Waals surface area (Å²) in [7, 11) is -5.40. The second-order valence-corrected chi connectivity index (χ2v) is 5.27. The van der Waals surface area contributed by atoms with Crippen molar-refractivity contribution in [3.05, 3.63) is 0 Å². The summed E-state index contributed by atoms with van der Waals surface area (Å²) >= 11 is 1.08. The molecule has 1 rings (SSSR count). The van der Waals surface area contributed by atoms with Crippen molar-refractivity contribution in [2.75, 3.05) is 5.75 Å². The van der Waals surface area contributed by atoms with E-state index < -0.39 is 21.1 Å². The fourth-order valence-electron chi connectivity index (χ4n) is 0.820. The highest BCUT2D eigenvalue weighted by Gasteiger charge is 2.48. The summed E-state index contributed by atoms with van der Waals surface area (Å²) in [6, 6.07) is 0. The molecule has 1 saturated heterocycles. The van der Waals surface area contributed by atoms with E-state index in [1.165, 1.54) is 0 Å². The van der Waals surface area contributed by atoms with Crippen molar-refractivity contribution in [1.82, 2.24) is 0 Å². The van der Waals surface area contributed by atoms with Gasteiger partial charge in [0.2, 0.25) is 0 Å². The van der Waals surface area contributed by atoms with Gasteiger partial charge in [-0.25, -0.2) is 4.18 Å². The number of rotatable bonds is 2. The largest absolute Gasteiger partial charge is 0.523 e. The lowest BCUT2D eigenvalue weighted by molar-refractivity contribution is -0.0549. The highest BCUT2D eigenvalue weighted by molar-refractivity contribution is 8.00. The first-order chi connectivity index (χ1) is 5.83. The van der Waals surface area contributed by atoms with Crippen LogP contribution in [0, 0.1) is 0 Å². The average Bonchev–Trinajstić information content (AvgIpc) is 2.35. The monoisotopic (exact) mass is 236 g/mol. The Hall–Kier alpha value is 0.0500. The van der Waals surface area contributed by atoms with E-state index in [0.29, 0.717) is 18.6 Å². The molecule has 0 aromatic heterocycles. The van der Waals surface area contributed by atoms with Crippen LogP contribution in [0.25, 0.3) is 0 Å². The highest BCUT2D eigenvalue weighted by Crippen LogP contribution is 2.33. The third kappa shape index (κ3) is 2.75. The van der Waals surface area contributed by atoms with Crippen LogP contribution in [-0.2, 0) is 14.3 Å². The molecule has 0 aliphatic carbocycles. The topological polar surface area (TPSA) is 43.4 Å². The van der Waals surface area contributed by atoms with Gasteiger partial charge in [0.1, 0.15) is 5.44 Å². The van der Waals surface area contributed by atoms with Crippen molar-refractivity contribution in [3.8, 4) is 0 Å². The summed E-state index contributed by atoms with van der Waals surface area (Å²) in [6.07, 6.45) is 1.03. The molecule has 1 fully saturated rings. The zero-order valence-electron chi connectivity index (χ0n) is 6.37. The van der Waals surface area contributed by atoms with Crippen molar-refractivity contribution in [1.29, 1.82) is 0 Å². The molecule has 1 aliphatic rings. The van der Waals surface area contributed by atoms with Crippen molar-refractivity contribution >= 4 is 21.9 Å². The molecule has 0 aromatic rings. The molecule has 3 nitrogen and oxygen atoms in total. The number of hydrogen-bond acceptors (Lipinski definition) is 4. The molecular weight excluding hydrogens is 229 g/mol. The number of alkyl halides is 3. The predicted octanol–water partition coefficient (Wildman–Crippen LogP) is 1.71. The van der Waals surface area contributed by atoms with Crippen LogP contribution in [0.15, 0.2) is 0 Å². The van der Waals surface area contributed by atoms with Gasteiger partial charge in [0, 0.05) is 0 Å². The van der Waals surface area contributed by atoms with Crippen LogP contribution in [0.5, 0.6) is 0 Å². The van der Waals surface area contributed by atoms with Crippen molar-refractivity contribution < 1.29 is 25.8 Å². The van der Waals surface area contributed by atoms with Crippen LogP contribution in [0.4, 0.5) is 13.2 Å². The van der Waals surface area contributed by atoms with E-state index in [-0.39, 0.29) is 0 Å². The van der Waals surface area contributed by atoms with Crippen molar-refractivity contribution in [2.45, 2.75) is 23.8 Å². The Bertz CT molecular complexity index is 265. The summed E-state index contributed by atoms with van der Waals surface area (Å²) in [5.74, 6) is 0.637. The van der Waals surface area contributed by atoms with Crippen LogP contribution in [0.3, 0.4) is 0 Å². The van der Waals surface area contributed by atoms with Crippen LogP contribution in [-0.4, -0.2) is 25.1 Å². The van der Waals surface area contributed by atoms with E-state index in [0.717, 1.165) is 11.8 Å². The number of hydrogen-bond donors (Lipinski definition) is 0. The second kappa shape index (κ2) is 3.66. The molecule has 8 heteroatoms. The van der Waals surface area contributed by atoms with Crippen molar-refractivity contribution in [2.24, 2.45) is 0 Å². The van der Waals surface area contributed by atoms with Gasteiger partial charge in [-0.3, -0.25) is 0 Å². The van der Waals surface area contributed by atoms with Gasteiger partial charge < -0.3 is 0 Å². The van der Waals surface area contributed by atoms with Gasteiger partial charge in [0.05, 0.1) is 0 Å². The second-order valence-electron chi connectivity index (χ2n) is 2.44. The molecular formula is C5H7F3O3S2. The van der Waals surface area contributed by atoms with Crippen LogP contribution >= 0.6 is 11.8 Å². The smallest absolute Gasteiger partial charge is 0.249 e. The van der Waals surface area contributed by atoms with E-state index in [2.05, 4.69) is 4.18 Å². The minimum Gasteiger partial charge on any atom is -0.249 e. The van der Waals surface area contributed by atoms with Gasteiger partial charge in [0.15, 0.2) is 0 Å². The van der Waals surface area contributed by atoms with E-state index in [4.69, 9.17) is 0 Å². The molecule has 0 N–H and O–H groups in total. The zero-order valence-corrected chi connectivity index (χ0v) is 8.01. The molecule has 1 aliphatic heterocycles. The lowest BCUT2D eigenvalue weighted by atomic mass is 10.4. The van der Waals surface area contributed by atoms with Gasteiger partial charge in [-0.1, -0.05) is 0 Å². The number of halogens is 3. The molecule has 1 unspecified atom stereocenters. The Morgan fingerprint density at radius 2 is 2.00 bits per heavy atom. The Labute approximate surface area is 77.8 Å². The van der Waals surface area contributed by atoms with E-state index in [1.807, 2.05) is 0 Å². The summed E-state index contributed by atoms with van der Waals surface area (Å²) in [6.45, 7) is 0. The molecule has 78 valence electrons. The van der Waals surface area contributed by atoms with E-state index in [9.17, 15) is 21.6 Å². The Morgan fingerprint density at radius 3 is 2.38 bits per heavy atom. The fraction of sp³-hybridized carbons (Fsp3) is 1.00. The summed E-state index contributed by atoms with van der Waals surface area (Å²) in [4.78, 5) is 0. The van der Waals surface area contributed by atoms with Crippen LogP contribution < -0.4 is 0 Å². The van der Waals surface area contributed by atoms with E-state index >= 15 is 0 Å². The van der Waals surface area contributed by atoms with E-state index in [1.54, 1.807) is 0 Å². The molecule has 0 saturated carbocycles. The first kappa shape index (κ1) is 11.1. The van der Waals surface area contributed by atoms with Gasteiger partial charge >= 0.3 is 15.6 Å². The Balaban J connectivity index is 2.62. The zero-order chi connectivity index (χ0) is 10.1. The fourth-order valence-corrected chi connectivity index (χ4v) is 2.77. The number of thioether (sulfide) groups is 1. The first-order valence-corrected chi connectivity index (χ1v) is 5.90. The molecule has 1 heterocycles. The van der Waals surface area contributed by atoms with Crippen molar-refractivity contribution in [3.63, 3.8) is 0 Å². The first-order valence-electron chi connectivity index (χ1n) is 3.44. The maximum atomic E-state index is 11.8. The molecule has 0 spiro atoms. The minimum atomic E-state index is -5.40. The van der Waals surface area contributed by atoms with Gasteiger partial charge in [-0.05, 0) is 18.6 Å². The summed E-state index contributed by atoms with van der Waals surface area (Å²) < 4.78 is 60.2. The molecule has 0 aromatic carbocycles. The highest BCUT2D eigenvalue weighted by atomic mass is 32.2. The van der Waals surface area contributed by atoms with Gasteiger partial charge in [-0.2, -0.15) is 21.6 Å². The summed E-state index contributed by atoms with van der Waals surface area (Å²) in [5, 5.41) is 0. The third-order valence-electron chi connectivity index (χ3n) is 1.41. The molecule has 0 amide bonds. The minimum absolute atomic E-state index is 0.347. The lowest BCUT2D eigenvalue weighted by Crippen LogP contribution is -2.28. The molecule has 0 radical (unpaired) electrons. The standard InChI is InChI=1S/C5H7F3O3S2/c6-5(7,8)13(9,10)11-4-2-1-3-12-4/h4H,1-3H2. The average molecular weight is 236 g/mol. The third-order valence-corrected chi connectivity index (χ3v) is 3.81. The molecule has 1 atom stereocenters. The van der Waals surface area contributed by atoms with Gasteiger partial charge in [-0.15, -0.1) is 11.8 Å².